The van der Waals surface area contributed by atoms with Gasteiger partial charge in [-0.05, 0) is 18.8 Å². The molecule has 0 aromatic carbocycles. The molecule has 1 N–H and O–H groups in total. The van der Waals surface area contributed by atoms with Crippen molar-refractivity contribution in [3.05, 3.63) is 0 Å². The Morgan fingerprint density at radius 2 is 0.778 bits per heavy atom. The van der Waals surface area contributed by atoms with Gasteiger partial charge in [0.15, 0.2) is 0 Å². The van der Waals surface area contributed by atoms with Gasteiger partial charge in [-0.25, -0.2) is 4.79 Å². The summed E-state index contributed by atoms with van der Waals surface area (Å²) in [6.07, 6.45) is 32.8. The Morgan fingerprint density at radius 3 is 1.06 bits per heavy atom. The highest BCUT2D eigenvalue weighted by atomic mass is 16.2. The lowest BCUT2D eigenvalue weighted by atomic mass is 10.0. The highest BCUT2D eigenvalue weighted by Gasteiger charge is 2.12. The highest BCUT2D eigenvalue weighted by molar-refractivity contribution is 5.74. The van der Waals surface area contributed by atoms with Gasteiger partial charge in [-0.3, -0.25) is 0 Å². The van der Waals surface area contributed by atoms with Crippen LogP contribution in [0.2, 0.25) is 0 Å². The molecule has 3 nitrogen and oxygen atoms in total. The summed E-state index contributed by atoms with van der Waals surface area (Å²) in [5.74, 6) is 0.508. The lowest BCUT2D eigenvalue weighted by Crippen LogP contribution is -2.42. The van der Waals surface area contributed by atoms with E-state index >= 15 is 0 Å². The predicted molar refractivity (Wildman–Crippen MR) is 162 cm³/mol. The molecule has 0 saturated heterocycles. The molecule has 0 aliphatic heterocycles. The summed E-state index contributed by atoms with van der Waals surface area (Å²) in [6.45, 7) is 11.6. The molecule has 0 aromatic rings. The van der Waals surface area contributed by atoms with Gasteiger partial charge < -0.3 is 10.2 Å². The molecule has 0 saturated carbocycles. The third kappa shape index (κ3) is 26.3. The number of rotatable bonds is 28. The van der Waals surface area contributed by atoms with E-state index < -0.39 is 0 Å². The summed E-state index contributed by atoms with van der Waals surface area (Å²) < 4.78 is 0. The van der Waals surface area contributed by atoms with Crippen molar-refractivity contribution < 1.29 is 4.79 Å². The first-order valence-corrected chi connectivity index (χ1v) is 16.6. The first kappa shape index (κ1) is 35.3. The van der Waals surface area contributed by atoms with Gasteiger partial charge in [-0.2, -0.15) is 0 Å². The number of carbonyl (C=O) groups is 1. The molecule has 0 unspecified atom stereocenters. The highest BCUT2D eigenvalue weighted by Crippen LogP contribution is 2.14. The van der Waals surface area contributed by atoms with Gasteiger partial charge >= 0.3 is 6.03 Å². The second-order valence-electron chi connectivity index (χ2n) is 11.8. The fourth-order valence-corrected chi connectivity index (χ4v) is 5.01. The van der Waals surface area contributed by atoms with Gasteiger partial charge in [-0.1, -0.05) is 169 Å². The molecule has 3 heteroatoms. The molecule has 0 atom stereocenters. The molecule has 0 aliphatic carbocycles. The van der Waals surface area contributed by atoms with Crippen LogP contribution < -0.4 is 5.32 Å². The van der Waals surface area contributed by atoms with E-state index in [9.17, 15) is 4.79 Å². The van der Waals surface area contributed by atoms with Crippen LogP contribution in [0.5, 0.6) is 0 Å². The van der Waals surface area contributed by atoms with Crippen LogP contribution in [0.1, 0.15) is 182 Å². The monoisotopic (exact) mass is 509 g/mol. The Bertz CT molecular complexity index is 409. The summed E-state index contributed by atoms with van der Waals surface area (Å²) in [6, 6.07) is 0.162. The molecular weight excluding hydrogens is 440 g/mol. The molecule has 216 valence electrons. The third-order valence-corrected chi connectivity index (χ3v) is 7.51. The van der Waals surface area contributed by atoms with Crippen LogP contribution in [-0.4, -0.2) is 30.6 Å². The van der Waals surface area contributed by atoms with Crippen LogP contribution in [-0.2, 0) is 0 Å². The van der Waals surface area contributed by atoms with E-state index in [4.69, 9.17) is 0 Å². The minimum atomic E-state index is 0.162. The molecule has 0 heterocycles. The number of unbranched alkanes of at least 4 members (excludes halogenated alkanes) is 22. The van der Waals surface area contributed by atoms with Gasteiger partial charge in [-0.15, -0.1) is 0 Å². The van der Waals surface area contributed by atoms with E-state index in [1.807, 2.05) is 0 Å². The largest absolute Gasteiger partial charge is 0.338 e. The second-order valence-corrected chi connectivity index (χ2v) is 11.8. The first-order valence-electron chi connectivity index (χ1n) is 16.6. The Kier molecular flexibility index (Phi) is 28.3. The zero-order valence-corrected chi connectivity index (χ0v) is 25.5. The quantitative estimate of drug-likeness (QED) is 0.105. The summed E-state index contributed by atoms with van der Waals surface area (Å²) in [5, 5.41) is 3.16. The number of carbonyl (C=O) groups excluding carboxylic acids is 1. The summed E-state index contributed by atoms with van der Waals surface area (Å²) >= 11 is 0. The minimum absolute atomic E-state index is 0.162. The number of urea groups is 1. The standard InChI is InChI=1S/C33H68N2O/c1-5-7-9-11-13-15-17-19-21-23-25-27-29-35(33(36)34-31-32(3)4)30-28-26-24-22-20-18-16-14-12-10-8-6-2/h32H,5-31H2,1-4H3,(H,34,36). The van der Waals surface area contributed by atoms with Crippen LogP contribution in [0.15, 0.2) is 0 Å². The van der Waals surface area contributed by atoms with Crippen LogP contribution in [0.3, 0.4) is 0 Å². The van der Waals surface area contributed by atoms with E-state index in [1.54, 1.807) is 0 Å². The average molecular weight is 509 g/mol. The van der Waals surface area contributed by atoms with Crippen LogP contribution >= 0.6 is 0 Å². The van der Waals surface area contributed by atoms with E-state index in [-0.39, 0.29) is 6.03 Å². The van der Waals surface area contributed by atoms with Crippen molar-refractivity contribution in [1.82, 2.24) is 10.2 Å². The predicted octanol–water partition coefficient (Wildman–Crippen LogP) is 11.1. The van der Waals surface area contributed by atoms with Crippen molar-refractivity contribution in [2.75, 3.05) is 19.6 Å². The number of hydrogen-bond donors (Lipinski definition) is 1. The van der Waals surface area contributed by atoms with E-state index in [0.29, 0.717) is 5.92 Å². The number of nitrogens with one attached hydrogen (secondary N) is 1. The fourth-order valence-electron chi connectivity index (χ4n) is 5.01. The van der Waals surface area contributed by atoms with E-state index in [2.05, 4.69) is 37.9 Å². The molecule has 0 radical (unpaired) electrons. The fraction of sp³-hybridized carbons (Fsp3) is 0.970. The van der Waals surface area contributed by atoms with Gasteiger partial charge in [0.2, 0.25) is 0 Å². The number of nitrogens with zero attached hydrogens (tertiary/aromatic N) is 1. The maximum absolute atomic E-state index is 12.7. The number of hydrogen-bond acceptors (Lipinski definition) is 1. The molecule has 36 heavy (non-hydrogen) atoms. The first-order chi connectivity index (χ1) is 17.6. The van der Waals surface area contributed by atoms with E-state index in [1.165, 1.54) is 141 Å². The molecule has 0 bridgehead atoms. The molecule has 0 spiro atoms. The molecular formula is C33H68N2O. The molecule has 0 aromatic heterocycles. The van der Waals surface area contributed by atoms with Crippen LogP contribution in [0.4, 0.5) is 4.79 Å². The average Bonchev–Trinajstić information content (AvgIpc) is 2.87. The smallest absolute Gasteiger partial charge is 0.317 e. The summed E-state index contributed by atoms with van der Waals surface area (Å²) in [7, 11) is 0. The lowest BCUT2D eigenvalue weighted by Gasteiger charge is -2.24. The molecule has 0 rings (SSSR count). The molecule has 0 aliphatic rings. The van der Waals surface area contributed by atoms with Crippen LogP contribution in [0, 0.1) is 5.92 Å². The Labute approximate surface area is 228 Å². The van der Waals surface area contributed by atoms with Gasteiger partial charge in [0.1, 0.15) is 0 Å². The SMILES string of the molecule is CCCCCCCCCCCCCCN(CCCCCCCCCCCCCC)C(=O)NCC(C)C. The normalized spacial score (nSPS) is 11.4. The van der Waals surface area contributed by atoms with Crippen molar-refractivity contribution >= 4 is 6.03 Å². The Morgan fingerprint density at radius 1 is 0.500 bits per heavy atom. The molecule has 2 amide bonds. The van der Waals surface area contributed by atoms with Gasteiger partial charge in [0.25, 0.3) is 0 Å². The van der Waals surface area contributed by atoms with Gasteiger partial charge in [0, 0.05) is 19.6 Å². The zero-order valence-electron chi connectivity index (χ0n) is 25.5. The van der Waals surface area contributed by atoms with Crippen molar-refractivity contribution in [3.63, 3.8) is 0 Å². The number of amides is 2. The van der Waals surface area contributed by atoms with E-state index in [0.717, 1.165) is 32.5 Å². The van der Waals surface area contributed by atoms with Crippen molar-refractivity contribution in [2.45, 2.75) is 182 Å². The summed E-state index contributed by atoms with van der Waals surface area (Å²) in [5.41, 5.74) is 0. The minimum Gasteiger partial charge on any atom is -0.338 e. The maximum atomic E-state index is 12.7. The molecule has 0 fully saturated rings. The second kappa shape index (κ2) is 28.8. The topological polar surface area (TPSA) is 32.3 Å². The summed E-state index contributed by atoms with van der Waals surface area (Å²) in [4.78, 5) is 14.8. The van der Waals surface area contributed by atoms with Gasteiger partial charge in [0.05, 0.1) is 0 Å². The maximum Gasteiger partial charge on any atom is 0.317 e. The Hall–Kier alpha value is -0.730. The Balaban J connectivity index is 3.84. The van der Waals surface area contributed by atoms with Crippen molar-refractivity contribution in [2.24, 2.45) is 5.92 Å². The lowest BCUT2D eigenvalue weighted by molar-refractivity contribution is 0.194. The third-order valence-electron chi connectivity index (χ3n) is 7.51. The zero-order chi connectivity index (χ0) is 26.5. The van der Waals surface area contributed by atoms with Crippen molar-refractivity contribution in [3.8, 4) is 0 Å². The van der Waals surface area contributed by atoms with Crippen molar-refractivity contribution in [1.29, 1.82) is 0 Å². The van der Waals surface area contributed by atoms with Crippen LogP contribution in [0.25, 0.3) is 0 Å².